The predicted molar refractivity (Wildman–Crippen MR) is 168 cm³/mol. The highest BCUT2D eigenvalue weighted by Crippen LogP contribution is 2.24. The van der Waals surface area contributed by atoms with Crippen LogP contribution in [0.1, 0.15) is 30.9 Å². The van der Waals surface area contributed by atoms with E-state index in [1.807, 2.05) is 4.90 Å². The number of amides is 1. The van der Waals surface area contributed by atoms with Gasteiger partial charge in [-0.05, 0) is 36.4 Å². The third-order valence-electron chi connectivity index (χ3n) is 8.16. The van der Waals surface area contributed by atoms with Crippen LogP contribution in [0.5, 0.6) is 0 Å². The van der Waals surface area contributed by atoms with Gasteiger partial charge in [-0.15, -0.1) is 0 Å². The lowest BCUT2D eigenvalue weighted by Crippen LogP contribution is -2.41. The summed E-state index contributed by atoms with van der Waals surface area (Å²) in [5, 5.41) is 22.5. The first-order valence-electron chi connectivity index (χ1n) is 15.2. The number of hydrogen-bond donors (Lipinski definition) is 3. The van der Waals surface area contributed by atoms with Gasteiger partial charge in [-0.3, -0.25) is 9.69 Å². The molecule has 2 aliphatic rings. The van der Waals surface area contributed by atoms with Crippen molar-refractivity contribution in [2.75, 3.05) is 50.0 Å². The summed E-state index contributed by atoms with van der Waals surface area (Å²) in [4.78, 5) is 25.3. The highest BCUT2D eigenvalue weighted by atomic mass is 28.3. The average molecular weight is 595 g/mol. The van der Waals surface area contributed by atoms with Crippen LogP contribution in [0.25, 0.3) is 11.0 Å². The monoisotopic (exact) mass is 594 g/mol. The lowest BCUT2D eigenvalue weighted by Gasteiger charge is -2.31. The summed E-state index contributed by atoms with van der Waals surface area (Å²) in [5.41, 5.74) is 4.22. The van der Waals surface area contributed by atoms with Crippen LogP contribution in [-0.4, -0.2) is 100 Å². The minimum atomic E-state index is -1.20. The van der Waals surface area contributed by atoms with Crippen molar-refractivity contribution in [3.63, 3.8) is 0 Å². The molecule has 0 saturated carbocycles. The molecule has 228 valence electrons. The van der Waals surface area contributed by atoms with E-state index in [0.29, 0.717) is 43.7 Å². The Balaban J connectivity index is 1.25. The molecule has 3 N–H and O–H groups in total. The Morgan fingerprint density at radius 2 is 1.93 bits per heavy atom. The Labute approximate surface area is 249 Å². The van der Waals surface area contributed by atoms with E-state index in [9.17, 15) is 9.90 Å². The number of aliphatic hydroxyl groups is 1. The SMILES string of the molecule is CC(=O)N1CCC(Nc2ncc3c(n2)c(NC[C@H](O)CN2CCc4ccccc4C2)nn3COCC[Si](C)(C)C)CC1. The van der Waals surface area contributed by atoms with Gasteiger partial charge in [0, 0.05) is 66.9 Å². The van der Waals surface area contributed by atoms with E-state index < -0.39 is 14.2 Å². The number of hydrogen-bond acceptors (Lipinski definition) is 9. The molecule has 0 unspecified atom stereocenters. The summed E-state index contributed by atoms with van der Waals surface area (Å²) in [6, 6.07) is 9.82. The minimum Gasteiger partial charge on any atom is -0.390 e. The maximum Gasteiger partial charge on any atom is 0.223 e. The van der Waals surface area contributed by atoms with Crippen molar-refractivity contribution in [2.45, 2.75) is 77.3 Å². The molecule has 1 saturated heterocycles. The van der Waals surface area contributed by atoms with Crippen molar-refractivity contribution in [1.82, 2.24) is 29.5 Å². The molecule has 5 rings (SSSR count). The van der Waals surface area contributed by atoms with E-state index >= 15 is 0 Å². The zero-order valence-electron chi connectivity index (χ0n) is 25.5. The third kappa shape index (κ3) is 8.06. The van der Waals surface area contributed by atoms with Crippen molar-refractivity contribution in [3.05, 3.63) is 41.6 Å². The first-order valence-corrected chi connectivity index (χ1v) is 18.9. The van der Waals surface area contributed by atoms with Crippen molar-refractivity contribution in [3.8, 4) is 0 Å². The van der Waals surface area contributed by atoms with Crippen LogP contribution in [-0.2, 0) is 29.2 Å². The van der Waals surface area contributed by atoms with Crippen LogP contribution in [0.15, 0.2) is 30.5 Å². The van der Waals surface area contributed by atoms with Gasteiger partial charge in [-0.2, -0.15) is 5.10 Å². The second-order valence-electron chi connectivity index (χ2n) is 12.8. The number of β-amino-alcohol motifs (C(OH)–C–C–N with tert-alkyl or cyclic N) is 1. The molecule has 1 aromatic carbocycles. The summed E-state index contributed by atoms with van der Waals surface area (Å²) in [6.07, 6.45) is 3.93. The molecule has 1 amide bonds. The van der Waals surface area contributed by atoms with E-state index in [1.54, 1.807) is 17.8 Å². The first kappa shape index (κ1) is 30.4. The molecule has 3 aromatic rings. The lowest BCUT2D eigenvalue weighted by atomic mass is 10.00. The molecule has 42 heavy (non-hydrogen) atoms. The minimum absolute atomic E-state index is 0.119. The number of fused-ring (bicyclic) bond motifs is 2. The Kier molecular flexibility index (Phi) is 9.76. The molecule has 1 fully saturated rings. The number of carbonyl (C=O) groups excluding carboxylic acids is 1. The molecule has 11 nitrogen and oxygen atoms in total. The van der Waals surface area contributed by atoms with Crippen LogP contribution in [0, 0.1) is 0 Å². The summed E-state index contributed by atoms with van der Waals surface area (Å²) >= 11 is 0. The molecular formula is C30H46N8O3Si. The molecule has 0 aliphatic carbocycles. The Morgan fingerprint density at radius 3 is 2.67 bits per heavy atom. The molecule has 0 spiro atoms. The Bertz CT molecular complexity index is 1350. The number of aliphatic hydroxyl groups excluding tert-OH is 1. The van der Waals surface area contributed by atoms with Crippen LogP contribution >= 0.6 is 0 Å². The maximum absolute atomic E-state index is 11.7. The lowest BCUT2D eigenvalue weighted by molar-refractivity contribution is -0.129. The number of benzene rings is 1. The van der Waals surface area contributed by atoms with E-state index in [1.165, 1.54) is 11.1 Å². The zero-order chi connectivity index (χ0) is 29.7. The van der Waals surface area contributed by atoms with E-state index in [0.717, 1.165) is 57.0 Å². The number of likely N-dealkylation sites (tertiary alicyclic amines) is 1. The van der Waals surface area contributed by atoms with Crippen molar-refractivity contribution < 1.29 is 14.6 Å². The maximum atomic E-state index is 11.7. The number of nitrogens with one attached hydrogen (secondary N) is 2. The van der Waals surface area contributed by atoms with Gasteiger partial charge >= 0.3 is 0 Å². The summed E-state index contributed by atoms with van der Waals surface area (Å²) in [5.74, 6) is 1.27. The van der Waals surface area contributed by atoms with Crippen molar-refractivity contribution >= 4 is 36.8 Å². The Hall–Kier alpha value is -3.06. The van der Waals surface area contributed by atoms with Gasteiger partial charge in [0.1, 0.15) is 17.8 Å². The fourth-order valence-corrected chi connectivity index (χ4v) is 6.34. The van der Waals surface area contributed by atoms with Gasteiger partial charge in [0.05, 0.1) is 12.3 Å². The number of aromatic nitrogens is 4. The van der Waals surface area contributed by atoms with Crippen molar-refractivity contribution in [2.24, 2.45) is 0 Å². The highest BCUT2D eigenvalue weighted by molar-refractivity contribution is 6.76. The standard InChI is InChI=1S/C30H46N8O3Si/c1-22(39)37-13-10-25(11-14-37)33-30-32-18-27-28(34-30)29(35-38(27)21-41-15-16-42(2,3)4)31-17-26(40)20-36-12-9-23-7-5-6-8-24(23)19-36/h5-8,18,25-26,40H,9-17,19-21H2,1-4H3,(H,31,35)(H,32,33,34)/t26-/m0/s1. The van der Waals surface area contributed by atoms with Crippen LogP contribution < -0.4 is 10.6 Å². The second kappa shape index (κ2) is 13.5. The Morgan fingerprint density at radius 1 is 1.17 bits per heavy atom. The van der Waals surface area contributed by atoms with Gasteiger partial charge in [0.2, 0.25) is 11.9 Å². The van der Waals surface area contributed by atoms with Gasteiger partial charge in [0.15, 0.2) is 5.82 Å². The van der Waals surface area contributed by atoms with Gasteiger partial charge in [-0.1, -0.05) is 43.9 Å². The first-order chi connectivity index (χ1) is 20.1. The zero-order valence-corrected chi connectivity index (χ0v) is 26.5. The smallest absolute Gasteiger partial charge is 0.223 e. The number of piperidine rings is 1. The fourth-order valence-electron chi connectivity index (χ4n) is 5.59. The number of anilines is 2. The van der Waals surface area contributed by atoms with E-state index in [2.05, 4.69) is 64.4 Å². The average Bonchev–Trinajstić information content (AvgIpc) is 3.30. The summed E-state index contributed by atoms with van der Waals surface area (Å²) in [6.45, 7) is 13.8. The number of carbonyl (C=O) groups is 1. The quantitative estimate of drug-likeness (QED) is 0.214. The van der Waals surface area contributed by atoms with Crippen LogP contribution in [0.4, 0.5) is 11.8 Å². The molecular weight excluding hydrogens is 548 g/mol. The highest BCUT2D eigenvalue weighted by Gasteiger charge is 2.23. The van der Waals surface area contributed by atoms with Crippen LogP contribution in [0.2, 0.25) is 25.7 Å². The van der Waals surface area contributed by atoms with Gasteiger partial charge in [-0.25, -0.2) is 14.6 Å². The molecule has 0 bridgehead atoms. The number of nitrogens with zero attached hydrogens (tertiary/aromatic N) is 6. The number of rotatable bonds is 12. The summed E-state index contributed by atoms with van der Waals surface area (Å²) < 4.78 is 7.80. The molecule has 12 heteroatoms. The molecule has 1 atom stereocenters. The topological polar surface area (TPSA) is 121 Å². The summed E-state index contributed by atoms with van der Waals surface area (Å²) in [7, 11) is -1.20. The second-order valence-corrected chi connectivity index (χ2v) is 18.5. The predicted octanol–water partition coefficient (Wildman–Crippen LogP) is 3.39. The van der Waals surface area contributed by atoms with Gasteiger partial charge in [0.25, 0.3) is 0 Å². The third-order valence-corrected chi connectivity index (χ3v) is 9.86. The fraction of sp³-hybridized carbons (Fsp3) is 0.600. The molecule has 2 aromatic heterocycles. The van der Waals surface area contributed by atoms with E-state index in [4.69, 9.17) is 14.8 Å². The van der Waals surface area contributed by atoms with Crippen LogP contribution in [0.3, 0.4) is 0 Å². The normalized spacial score (nSPS) is 17.3. The molecule has 2 aliphatic heterocycles. The molecule has 0 radical (unpaired) electrons. The van der Waals surface area contributed by atoms with Crippen molar-refractivity contribution in [1.29, 1.82) is 0 Å². The largest absolute Gasteiger partial charge is 0.390 e. The van der Waals surface area contributed by atoms with E-state index in [-0.39, 0.29) is 11.9 Å². The molecule has 4 heterocycles. The number of ether oxygens (including phenoxy) is 1. The van der Waals surface area contributed by atoms with Gasteiger partial charge < -0.3 is 25.4 Å².